The van der Waals surface area contributed by atoms with E-state index in [2.05, 4.69) is 36.5 Å². The third-order valence-corrected chi connectivity index (χ3v) is 5.30. The third-order valence-electron chi connectivity index (χ3n) is 4.95. The van der Waals surface area contributed by atoms with Gasteiger partial charge in [-0.05, 0) is 43.2 Å². The number of halogens is 1. The standard InChI is InChI=1S/C25H26ClNO4/c1-3-28-23-12-19(15-27-20-8-9-22-24(13-20)30-11-10-29-22)21(26)14-25(23)31-16-18-6-4-17(2)5-7-18/h4-9,12-14,27H,3,10-11,15-16H2,1-2H3. The normalized spacial score (nSPS) is 12.4. The first kappa shape index (κ1) is 21.2. The maximum Gasteiger partial charge on any atom is 0.163 e. The van der Waals surface area contributed by atoms with Crippen molar-refractivity contribution in [1.29, 1.82) is 0 Å². The van der Waals surface area contributed by atoms with Gasteiger partial charge >= 0.3 is 0 Å². The SMILES string of the molecule is CCOc1cc(CNc2ccc3c(c2)OCCO3)c(Cl)cc1OCc1ccc(C)cc1. The minimum absolute atomic E-state index is 0.450. The number of nitrogens with one attached hydrogen (secondary N) is 1. The minimum Gasteiger partial charge on any atom is -0.490 e. The van der Waals surface area contributed by atoms with Crippen molar-refractivity contribution < 1.29 is 18.9 Å². The number of anilines is 1. The lowest BCUT2D eigenvalue weighted by Crippen LogP contribution is -2.15. The molecule has 0 aliphatic carbocycles. The van der Waals surface area contributed by atoms with Crippen molar-refractivity contribution in [3.63, 3.8) is 0 Å². The van der Waals surface area contributed by atoms with Crippen LogP contribution in [0.1, 0.15) is 23.6 Å². The summed E-state index contributed by atoms with van der Waals surface area (Å²) < 4.78 is 23.1. The number of benzene rings is 3. The molecule has 0 atom stereocenters. The molecule has 1 aliphatic rings. The van der Waals surface area contributed by atoms with Crippen molar-refractivity contribution >= 4 is 17.3 Å². The molecule has 162 valence electrons. The van der Waals surface area contributed by atoms with Gasteiger partial charge in [-0.25, -0.2) is 0 Å². The Kier molecular flexibility index (Phi) is 6.73. The van der Waals surface area contributed by atoms with Gasteiger partial charge in [-0.3, -0.25) is 0 Å². The van der Waals surface area contributed by atoms with Crippen LogP contribution in [0.15, 0.2) is 54.6 Å². The molecule has 0 saturated carbocycles. The number of ether oxygens (including phenoxy) is 4. The summed E-state index contributed by atoms with van der Waals surface area (Å²) in [5.74, 6) is 2.83. The van der Waals surface area contributed by atoms with E-state index in [9.17, 15) is 0 Å². The Morgan fingerprint density at radius 1 is 0.903 bits per heavy atom. The van der Waals surface area contributed by atoms with Gasteiger partial charge in [0.2, 0.25) is 0 Å². The zero-order valence-corrected chi connectivity index (χ0v) is 18.5. The Labute approximate surface area is 187 Å². The van der Waals surface area contributed by atoms with Gasteiger partial charge in [0, 0.05) is 29.4 Å². The summed E-state index contributed by atoms with van der Waals surface area (Å²) in [5, 5.41) is 4.01. The number of aryl methyl sites for hydroxylation is 1. The van der Waals surface area contributed by atoms with E-state index in [1.807, 2.05) is 37.3 Å². The highest BCUT2D eigenvalue weighted by Crippen LogP contribution is 2.36. The lowest BCUT2D eigenvalue weighted by molar-refractivity contribution is 0.171. The molecule has 0 bridgehead atoms. The molecule has 0 radical (unpaired) electrons. The predicted molar refractivity (Wildman–Crippen MR) is 123 cm³/mol. The summed E-state index contributed by atoms with van der Waals surface area (Å²) in [6, 6.07) is 17.8. The molecule has 1 aliphatic heterocycles. The Bertz CT molecular complexity index is 1040. The molecule has 31 heavy (non-hydrogen) atoms. The first-order valence-corrected chi connectivity index (χ1v) is 10.8. The number of hydrogen-bond acceptors (Lipinski definition) is 5. The lowest BCUT2D eigenvalue weighted by atomic mass is 10.1. The highest BCUT2D eigenvalue weighted by Gasteiger charge is 2.14. The molecule has 0 unspecified atom stereocenters. The molecule has 0 fully saturated rings. The molecular formula is C25H26ClNO4. The second-order valence-corrected chi connectivity index (χ2v) is 7.72. The second kappa shape index (κ2) is 9.84. The van der Waals surface area contributed by atoms with Crippen LogP contribution in [0, 0.1) is 6.92 Å². The van der Waals surface area contributed by atoms with E-state index in [0.29, 0.717) is 49.5 Å². The summed E-state index contributed by atoms with van der Waals surface area (Å²) in [5.41, 5.74) is 4.16. The van der Waals surface area contributed by atoms with Gasteiger partial charge in [0.15, 0.2) is 23.0 Å². The van der Waals surface area contributed by atoms with Crippen molar-refractivity contribution in [2.24, 2.45) is 0 Å². The maximum absolute atomic E-state index is 6.57. The smallest absolute Gasteiger partial charge is 0.163 e. The van der Waals surface area contributed by atoms with Crippen molar-refractivity contribution in [2.45, 2.75) is 27.0 Å². The van der Waals surface area contributed by atoms with E-state index in [0.717, 1.165) is 28.3 Å². The first-order chi connectivity index (χ1) is 15.1. The molecule has 5 nitrogen and oxygen atoms in total. The van der Waals surface area contributed by atoms with Gasteiger partial charge in [0.1, 0.15) is 19.8 Å². The third kappa shape index (κ3) is 5.36. The topological polar surface area (TPSA) is 49.0 Å². The molecule has 0 saturated heterocycles. The van der Waals surface area contributed by atoms with Crippen LogP contribution >= 0.6 is 11.6 Å². The van der Waals surface area contributed by atoms with Crippen molar-refractivity contribution in [2.75, 3.05) is 25.1 Å². The van der Waals surface area contributed by atoms with Gasteiger partial charge in [-0.15, -0.1) is 0 Å². The second-order valence-electron chi connectivity index (χ2n) is 7.31. The maximum atomic E-state index is 6.57. The average molecular weight is 440 g/mol. The fraction of sp³-hybridized carbons (Fsp3) is 0.280. The van der Waals surface area contributed by atoms with Crippen LogP contribution in [-0.4, -0.2) is 19.8 Å². The molecule has 3 aromatic carbocycles. The predicted octanol–water partition coefficient (Wildman–Crippen LogP) is 6.01. The Morgan fingerprint density at radius 2 is 1.65 bits per heavy atom. The molecule has 0 amide bonds. The fourth-order valence-electron chi connectivity index (χ4n) is 3.29. The van der Waals surface area contributed by atoms with Crippen LogP contribution in [0.2, 0.25) is 5.02 Å². The molecule has 6 heteroatoms. The molecule has 1 N–H and O–H groups in total. The van der Waals surface area contributed by atoms with E-state index in [1.165, 1.54) is 5.56 Å². The number of rotatable bonds is 8. The highest BCUT2D eigenvalue weighted by atomic mass is 35.5. The lowest BCUT2D eigenvalue weighted by Gasteiger charge is -2.19. The quantitative estimate of drug-likeness (QED) is 0.465. The van der Waals surface area contributed by atoms with Crippen molar-refractivity contribution in [3.8, 4) is 23.0 Å². The van der Waals surface area contributed by atoms with Crippen LogP contribution < -0.4 is 24.3 Å². The molecule has 0 spiro atoms. The number of hydrogen-bond donors (Lipinski definition) is 1. The van der Waals surface area contributed by atoms with Crippen molar-refractivity contribution in [1.82, 2.24) is 0 Å². The van der Waals surface area contributed by atoms with Crippen LogP contribution in [0.3, 0.4) is 0 Å². The minimum atomic E-state index is 0.450. The highest BCUT2D eigenvalue weighted by molar-refractivity contribution is 6.31. The summed E-state index contributed by atoms with van der Waals surface area (Å²) in [6.07, 6.45) is 0. The molecule has 4 rings (SSSR count). The number of fused-ring (bicyclic) bond motifs is 1. The van der Waals surface area contributed by atoms with E-state index >= 15 is 0 Å². The Morgan fingerprint density at radius 3 is 2.42 bits per heavy atom. The monoisotopic (exact) mass is 439 g/mol. The summed E-state index contributed by atoms with van der Waals surface area (Å²) in [6.45, 7) is 6.68. The van der Waals surface area contributed by atoms with Gasteiger partial charge in [0.05, 0.1) is 6.61 Å². The largest absolute Gasteiger partial charge is 0.490 e. The van der Waals surface area contributed by atoms with E-state index in [4.69, 9.17) is 30.5 Å². The molecule has 0 aromatic heterocycles. The van der Waals surface area contributed by atoms with Gasteiger partial charge in [-0.2, -0.15) is 0 Å². The average Bonchev–Trinajstić information content (AvgIpc) is 2.79. The van der Waals surface area contributed by atoms with Gasteiger partial charge in [0.25, 0.3) is 0 Å². The molecule has 1 heterocycles. The van der Waals surface area contributed by atoms with Gasteiger partial charge in [-0.1, -0.05) is 41.4 Å². The van der Waals surface area contributed by atoms with Crippen LogP contribution in [0.4, 0.5) is 5.69 Å². The Balaban J connectivity index is 1.46. The molecular weight excluding hydrogens is 414 g/mol. The van der Waals surface area contributed by atoms with Crippen molar-refractivity contribution in [3.05, 3.63) is 76.3 Å². The molecule has 3 aromatic rings. The van der Waals surface area contributed by atoms with E-state index in [1.54, 1.807) is 0 Å². The zero-order chi connectivity index (χ0) is 21.6. The van der Waals surface area contributed by atoms with Crippen LogP contribution in [0.5, 0.6) is 23.0 Å². The van der Waals surface area contributed by atoms with Crippen LogP contribution in [0.25, 0.3) is 0 Å². The summed E-state index contributed by atoms with van der Waals surface area (Å²) >= 11 is 6.57. The first-order valence-electron chi connectivity index (χ1n) is 10.4. The fourth-order valence-corrected chi connectivity index (χ4v) is 3.51. The zero-order valence-electron chi connectivity index (χ0n) is 17.7. The Hall–Kier alpha value is -3.05. The summed E-state index contributed by atoms with van der Waals surface area (Å²) in [7, 11) is 0. The summed E-state index contributed by atoms with van der Waals surface area (Å²) in [4.78, 5) is 0. The van der Waals surface area contributed by atoms with Crippen LogP contribution in [-0.2, 0) is 13.2 Å². The van der Waals surface area contributed by atoms with E-state index in [-0.39, 0.29) is 0 Å². The van der Waals surface area contributed by atoms with Gasteiger partial charge < -0.3 is 24.3 Å². The van der Waals surface area contributed by atoms with E-state index < -0.39 is 0 Å².